The Hall–Kier alpha value is -2.29. The minimum atomic E-state index is -4.39. The number of nitrogens with two attached hydrogens (primary N) is 1. The van der Waals surface area contributed by atoms with Crippen molar-refractivity contribution in [1.82, 2.24) is 0 Å². The number of esters is 2. The highest BCUT2D eigenvalue weighted by molar-refractivity contribution is 7.47. The number of ether oxygens (including phenoxy) is 2. The Morgan fingerprint density at radius 3 is 1.12 bits per heavy atom. The Labute approximate surface area is 450 Å². The van der Waals surface area contributed by atoms with Crippen LogP contribution in [-0.2, 0) is 32.7 Å². The average Bonchev–Trinajstić information content (AvgIpc) is 3.38. The molecule has 0 aliphatic rings. The number of carbonyl (C=O) groups is 2. The highest BCUT2D eigenvalue weighted by atomic mass is 31.2. The first-order valence-corrected chi connectivity index (χ1v) is 32.3. The van der Waals surface area contributed by atoms with E-state index in [1.807, 2.05) is 0 Å². The molecule has 0 rings (SSSR count). The summed E-state index contributed by atoms with van der Waals surface area (Å²) >= 11 is 0. The van der Waals surface area contributed by atoms with Gasteiger partial charge in [-0.1, -0.05) is 286 Å². The van der Waals surface area contributed by atoms with Gasteiger partial charge in [0, 0.05) is 19.4 Å². The average molecular weight is 1050 g/mol. The maximum atomic E-state index is 12.7. The monoisotopic (exact) mass is 1050 g/mol. The lowest BCUT2D eigenvalue weighted by Crippen LogP contribution is -2.29. The van der Waals surface area contributed by atoms with E-state index < -0.39 is 26.5 Å². The van der Waals surface area contributed by atoms with E-state index in [1.54, 1.807) is 0 Å². The van der Waals surface area contributed by atoms with Crippen LogP contribution in [0, 0.1) is 0 Å². The normalized spacial score (nSPS) is 13.4. The molecule has 0 aromatic rings. The standard InChI is InChI=1S/C63H116NO8P/c1-3-5-7-9-11-13-15-17-19-21-23-25-26-27-28-29-30-31-32-33-34-36-38-40-42-44-46-48-50-52-54-56-63(66)72-61(60-71-73(67,68)70-58-57-64)59-69-62(65)55-53-51-49-47-45-43-41-39-37-35-24-22-20-18-16-14-12-10-8-6-4-2/h5,7,11,13,17,19,23,25,27-28,61H,3-4,6,8-10,12,14-16,18,20-22,24,26,29-60,64H2,1-2H3,(H,67,68)/b7-5-,13-11-,19-17-,25-23-,28-27-. The molecule has 0 aliphatic carbocycles. The molecule has 426 valence electrons. The Kier molecular flexibility index (Phi) is 57.1. The van der Waals surface area contributed by atoms with Crippen molar-refractivity contribution >= 4 is 19.8 Å². The summed E-state index contributed by atoms with van der Waals surface area (Å²) in [6.45, 7) is 3.68. The van der Waals surface area contributed by atoms with Gasteiger partial charge in [-0.15, -0.1) is 0 Å². The van der Waals surface area contributed by atoms with Gasteiger partial charge in [0.2, 0.25) is 0 Å². The third-order valence-electron chi connectivity index (χ3n) is 13.4. The topological polar surface area (TPSA) is 134 Å². The number of unbranched alkanes of at least 4 members (excludes halogenated alkanes) is 35. The molecule has 0 radical (unpaired) electrons. The van der Waals surface area contributed by atoms with E-state index in [9.17, 15) is 19.0 Å². The molecule has 9 nitrogen and oxygen atoms in total. The van der Waals surface area contributed by atoms with Crippen molar-refractivity contribution in [3.63, 3.8) is 0 Å². The number of phosphoric ester groups is 1. The lowest BCUT2D eigenvalue weighted by Gasteiger charge is -2.19. The van der Waals surface area contributed by atoms with E-state index in [-0.39, 0.29) is 38.6 Å². The van der Waals surface area contributed by atoms with Crippen LogP contribution in [0.3, 0.4) is 0 Å². The molecule has 0 bridgehead atoms. The second kappa shape index (κ2) is 59.0. The molecule has 2 unspecified atom stereocenters. The first-order chi connectivity index (χ1) is 35.8. The highest BCUT2D eigenvalue weighted by Crippen LogP contribution is 2.43. The van der Waals surface area contributed by atoms with E-state index in [2.05, 4.69) is 74.6 Å². The third-order valence-corrected chi connectivity index (χ3v) is 14.4. The Morgan fingerprint density at radius 1 is 0.425 bits per heavy atom. The van der Waals surface area contributed by atoms with Gasteiger partial charge >= 0.3 is 19.8 Å². The molecule has 73 heavy (non-hydrogen) atoms. The summed E-state index contributed by atoms with van der Waals surface area (Å²) in [6, 6.07) is 0. The fourth-order valence-electron chi connectivity index (χ4n) is 8.90. The molecule has 0 fully saturated rings. The smallest absolute Gasteiger partial charge is 0.462 e. The molecule has 10 heteroatoms. The van der Waals surface area contributed by atoms with Crippen LogP contribution >= 0.6 is 7.82 Å². The van der Waals surface area contributed by atoms with Crippen LogP contribution in [0.1, 0.15) is 296 Å². The highest BCUT2D eigenvalue weighted by Gasteiger charge is 2.26. The van der Waals surface area contributed by atoms with Crippen LogP contribution in [0.5, 0.6) is 0 Å². The van der Waals surface area contributed by atoms with E-state index in [0.29, 0.717) is 6.42 Å². The van der Waals surface area contributed by atoms with Crippen molar-refractivity contribution in [3.8, 4) is 0 Å². The molecule has 0 heterocycles. The summed E-state index contributed by atoms with van der Waals surface area (Å²) in [5.41, 5.74) is 5.39. The molecular formula is C63H116NO8P. The predicted molar refractivity (Wildman–Crippen MR) is 312 cm³/mol. The van der Waals surface area contributed by atoms with E-state index >= 15 is 0 Å². The van der Waals surface area contributed by atoms with Crippen molar-refractivity contribution in [2.45, 2.75) is 302 Å². The Bertz CT molecular complexity index is 1380. The quantitative estimate of drug-likeness (QED) is 0.0264. The molecule has 2 atom stereocenters. The van der Waals surface area contributed by atoms with Crippen LogP contribution in [0.15, 0.2) is 60.8 Å². The van der Waals surface area contributed by atoms with Crippen LogP contribution in [0.2, 0.25) is 0 Å². The maximum absolute atomic E-state index is 12.7. The molecule has 0 aromatic carbocycles. The Balaban J connectivity index is 3.91. The zero-order valence-electron chi connectivity index (χ0n) is 47.6. The van der Waals surface area contributed by atoms with Gasteiger partial charge in [-0.25, -0.2) is 4.57 Å². The van der Waals surface area contributed by atoms with Crippen molar-refractivity contribution in [1.29, 1.82) is 0 Å². The zero-order valence-corrected chi connectivity index (χ0v) is 48.5. The zero-order chi connectivity index (χ0) is 53.1. The summed E-state index contributed by atoms with van der Waals surface area (Å²) in [6.07, 6.45) is 74.3. The molecule has 0 amide bonds. The molecule has 0 aliphatic heterocycles. The molecule has 3 N–H and O–H groups in total. The fourth-order valence-corrected chi connectivity index (χ4v) is 9.67. The number of hydrogen-bond acceptors (Lipinski definition) is 8. The van der Waals surface area contributed by atoms with Gasteiger partial charge in [0.25, 0.3) is 0 Å². The first-order valence-electron chi connectivity index (χ1n) is 30.8. The van der Waals surface area contributed by atoms with Crippen molar-refractivity contribution in [2.24, 2.45) is 5.73 Å². The third kappa shape index (κ3) is 58.8. The van der Waals surface area contributed by atoms with E-state index in [1.165, 1.54) is 193 Å². The summed E-state index contributed by atoms with van der Waals surface area (Å²) in [7, 11) is -4.39. The minimum Gasteiger partial charge on any atom is -0.462 e. The van der Waals surface area contributed by atoms with E-state index in [0.717, 1.165) is 70.6 Å². The lowest BCUT2D eigenvalue weighted by atomic mass is 10.0. The van der Waals surface area contributed by atoms with Crippen LogP contribution in [0.25, 0.3) is 0 Å². The van der Waals surface area contributed by atoms with Gasteiger partial charge in [-0.2, -0.15) is 0 Å². The number of allylic oxidation sites excluding steroid dienone is 10. The predicted octanol–water partition coefficient (Wildman–Crippen LogP) is 19.5. The molecule has 0 saturated heterocycles. The SMILES string of the molecule is CC/C=C\C/C=C\C/C=C\C/C=C\C/C=C\CCCCCCCCCCCCCCCCCC(=O)OC(COC(=O)CCCCCCCCCCCCCCCCCCCCCCC)COP(=O)(O)OCCN. The van der Waals surface area contributed by atoms with Crippen LogP contribution in [-0.4, -0.2) is 49.3 Å². The number of rotatable bonds is 58. The maximum Gasteiger partial charge on any atom is 0.472 e. The fraction of sp³-hybridized carbons (Fsp3) is 0.810. The van der Waals surface area contributed by atoms with Gasteiger partial charge in [0.05, 0.1) is 13.2 Å². The molecule has 0 aromatic heterocycles. The van der Waals surface area contributed by atoms with Crippen LogP contribution < -0.4 is 5.73 Å². The van der Waals surface area contributed by atoms with Crippen molar-refractivity contribution in [3.05, 3.63) is 60.8 Å². The summed E-state index contributed by atoms with van der Waals surface area (Å²) < 4.78 is 33.1. The number of carbonyl (C=O) groups excluding carboxylic acids is 2. The van der Waals surface area contributed by atoms with Gasteiger partial charge < -0.3 is 20.1 Å². The van der Waals surface area contributed by atoms with Crippen LogP contribution in [0.4, 0.5) is 0 Å². The second-order valence-electron chi connectivity index (χ2n) is 20.6. The number of hydrogen-bond donors (Lipinski definition) is 2. The first kappa shape index (κ1) is 70.7. The molecule has 0 saturated carbocycles. The summed E-state index contributed by atoms with van der Waals surface area (Å²) in [4.78, 5) is 35.2. The largest absolute Gasteiger partial charge is 0.472 e. The summed E-state index contributed by atoms with van der Waals surface area (Å²) in [5.74, 6) is -0.814. The van der Waals surface area contributed by atoms with Gasteiger partial charge in [-0.05, 0) is 57.8 Å². The van der Waals surface area contributed by atoms with Gasteiger partial charge in [0.1, 0.15) is 6.61 Å². The molecular weight excluding hydrogens is 930 g/mol. The minimum absolute atomic E-state index is 0.0540. The second-order valence-corrected chi connectivity index (χ2v) is 22.0. The Morgan fingerprint density at radius 2 is 0.753 bits per heavy atom. The van der Waals surface area contributed by atoms with E-state index in [4.69, 9.17) is 24.3 Å². The summed E-state index contributed by atoms with van der Waals surface area (Å²) in [5, 5.41) is 0. The van der Waals surface area contributed by atoms with Crippen molar-refractivity contribution in [2.75, 3.05) is 26.4 Å². The lowest BCUT2D eigenvalue weighted by molar-refractivity contribution is -0.161. The van der Waals surface area contributed by atoms with Crippen molar-refractivity contribution < 1.29 is 37.6 Å². The molecule has 0 spiro atoms. The number of phosphoric acid groups is 1. The van der Waals surface area contributed by atoms with Gasteiger partial charge in [0.15, 0.2) is 6.10 Å². The van der Waals surface area contributed by atoms with Gasteiger partial charge in [-0.3, -0.25) is 18.6 Å².